The van der Waals surface area contributed by atoms with E-state index < -0.39 is 0 Å². The number of fused-ring (bicyclic) bond motifs is 1. The third-order valence-electron chi connectivity index (χ3n) is 2.74. The van der Waals surface area contributed by atoms with E-state index in [4.69, 9.17) is 4.74 Å². The van der Waals surface area contributed by atoms with E-state index in [9.17, 15) is 9.59 Å². The number of aromatic amines is 1. The quantitative estimate of drug-likeness (QED) is 0.589. The minimum absolute atomic E-state index is 0.201. The van der Waals surface area contributed by atoms with E-state index in [-0.39, 0.29) is 11.7 Å². The molecule has 0 atom stereocenters. The second-order valence-corrected chi connectivity index (χ2v) is 4.25. The molecule has 2 aromatic heterocycles. The number of hydrogen-bond acceptors (Lipinski definition) is 6. The normalized spacial score (nSPS) is 10.7. The number of aryl methyl sites for hydroxylation is 1. The highest BCUT2D eigenvalue weighted by Gasteiger charge is 2.07. The van der Waals surface area contributed by atoms with Crippen LogP contribution in [0, 0.1) is 6.92 Å². The smallest absolute Gasteiger partial charge is 0.349 e. The van der Waals surface area contributed by atoms with Crippen LogP contribution in [-0.4, -0.2) is 38.7 Å². The van der Waals surface area contributed by atoms with Crippen LogP contribution in [0.1, 0.15) is 25.6 Å². The van der Waals surface area contributed by atoms with Gasteiger partial charge in [0.25, 0.3) is 0 Å². The third-order valence-corrected chi connectivity index (χ3v) is 2.74. The van der Waals surface area contributed by atoms with E-state index in [2.05, 4.69) is 20.5 Å². The van der Waals surface area contributed by atoms with Crippen LogP contribution in [-0.2, 0) is 9.53 Å². The van der Waals surface area contributed by atoms with Gasteiger partial charge < -0.3 is 10.1 Å². The molecule has 20 heavy (non-hydrogen) atoms. The van der Waals surface area contributed by atoms with Crippen molar-refractivity contribution in [1.29, 1.82) is 0 Å². The maximum Gasteiger partial charge on any atom is 0.349 e. The molecule has 2 aromatic rings. The van der Waals surface area contributed by atoms with Gasteiger partial charge in [0.2, 0.25) is 0 Å². The molecule has 0 aliphatic carbocycles. The van der Waals surface area contributed by atoms with Crippen LogP contribution in [0.3, 0.4) is 0 Å². The monoisotopic (exact) mass is 279 g/mol. The number of carbonyl (C=O) groups is 1. The molecular formula is C12H17N5O3. The molecule has 0 aliphatic heterocycles. The summed E-state index contributed by atoms with van der Waals surface area (Å²) < 4.78 is 6.23. The number of ether oxygens (including phenoxy) is 1. The predicted molar refractivity (Wildman–Crippen MR) is 72.7 cm³/mol. The Bertz CT molecular complexity index is 661. The van der Waals surface area contributed by atoms with Gasteiger partial charge >= 0.3 is 11.7 Å². The largest absolute Gasteiger partial charge is 0.466 e. The van der Waals surface area contributed by atoms with Crippen molar-refractivity contribution in [3.05, 3.63) is 22.4 Å². The van der Waals surface area contributed by atoms with E-state index in [0.717, 1.165) is 0 Å². The summed E-state index contributed by atoms with van der Waals surface area (Å²) in [5.41, 5.74) is 0.203. The highest BCUT2D eigenvalue weighted by atomic mass is 16.5. The second kappa shape index (κ2) is 6.18. The fourth-order valence-electron chi connectivity index (χ4n) is 1.87. The number of esters is 1. The van der Waals surface area contributed by atoms with E-state index in [1.807, 2.05) is 0 Å². The summed E-state index contributed by atoms with van der Waals surface area (Å²) >= 11 is 0. The van der Waals surface area contributed by atoms with Gasteiger partial charge in [-0.3, -0.25) is 4.79 Å². The molecule has 0 saturated heterocycles. The molecule has 0 spiro atoms. The fraction of sp³-hybridized carbons (Fsp3) is 0.500. The fourth-order valence-corrected chi connectivity index (χ4v) is 1.87. The van der Waals surface area contributed by atoms with Gasteiger partial charge in [0, 0.05) is 19.0 Å². The molecule has 0 aliphatic rings. The zero-order valence-electron chi connectivity index (χ0n) is 11.5. The first-order valence-corrected chi connectivity index (χ1v) is 6.46. The highest BCUT2D eigenvalue weighted by Crippen LogP contribution is 2.08. The van der Waals surface area contributed by atoms with Crippen LogP contribution in [0.25, 0.3) is 5.65 Å². The summed E-state index contributed by atoms with van der Waals surface area (Å²) in [5, 5.41) is 9.36. The number of carbonyl (C=O) groups excluding carboxylic acids is 1. The molecular weight excluding hydrogens is 262 g/mol. The average Bonchev–Trinajstić information content (AvgIpc) is 2.77. The Labute approximate surface area is 115 Å². The number of hydrogen-bond donors (Lipinski definition) is 2. The number of nitrogens with one attached hydrogen (secondary N) is 2. The van der Waals surface area contributed by atoms with Gasteiger partial charge in [-0.25, -0.2) is 19.3 Å². The summed E-state index contributed by atoms with van der Waals surface area (Å²) in [6, 6.07) is 1.68. The van der Waals surface area contributed by atoms with Crippen LogP contribution in [0.5, 0.6) is 0 Å². The van der Waals surface area contributed by atoms with Crippen molar-refractivity contribution < 1.29 is 9.53 Å². The zero-order chi connectivity index (χ0) is 14.5. The van der Waals surface area contributed by atoms with Gasteiger partial charge in [0.05, 0.1) is 6.61 Å². The summed E-state index contributed by atoms with van der Waals surface area (Å²) in [4.78, 5) is 26.9. The van der Waals surface area contributed by atoms with Crippen LogP contribution in [0.4, 0.5) is 5.82 Å². The summed E-state index contributed by atoms with van der Waals surface area (Å²) in [6.45, 7) is 4.51. The van der Waals surface area contributed by atoms with Crippen molar-refractivity contribution in [3.8, 4) is 0 Å². The van der Waals surface area contributed by atoms with Gasteiger partial charge in [-0.2, -0.15) is 5.10 Å². The van der Waals surface area contributed by atoms with Crippen molar-refractivity contribution in [1.82, 2.24) is 19.6 Å². The van der Waals surface area contributed by atoms with E-state index in [1.54, 1.807) is 19.9 Å². The Hall–Kier alpha value is -2.38. The molecule has 2 rings (SSSR count). The van der Waals surface area contributed by atoms with E-state index in [0.29, 0.717) is 43.3 Å². The van der Waals surface area contributed by atoms with Crippen LogP contribution >= 0.6 is 0 Å². The molecule has 2 heterocycles. The Morgan fingerprint density at radius 1 is 1.55 bits per heavy atom. The van der Waals surface area contributed by atoms with Crippen molar-refractivity contribution >= 4 is 17.4 Å². The first-order chi connectivity index (χ1) is 9.61. The molecule has 8 heteroatoms. The third kappa shape index (κ3) is 3.14. The molecule has 0 unspecified atom stereocenters. The van der Waals surface area contributed by atoms with E-state index in [1.165, 1.54) is 4.40 Å². The lowest BCUT2D eigenvalue weighted by Crippen LogP contribution is -2.14. The SMILES string of the molecule is CCOC(=O)CCCNc1cc2n[nH]c(=O)n2c(C)n1. The van der Waals surface area contributed by atoms with Gasteiger partial charge in [0.1, 0.15) is 11.6 Å². The molecule has 0 fully saturated rings. The van der Waals surface area contributed by atoms with Crippen molar-refractivity contribution in [3.63, 3.8) is 0 Å². The van der Waals surface area contributed by atoms with Gasteiger partial charge in [-0.1, -0.05) is 0 Å². The number of anilines is 1. The minimum Gasteiger partial charge on any atom is -0.466 e. The van der Waals surface area contributed by atoms with Crippen LogP contribution in [0.2, 0.25) is 0 Å². The van der Waals surface area contributed by atoms with Gasteiger partial charge in [-0.15, -0.1) is 0 Å². The second-order valence-electron chi connectivity index (χ2n) is 4.25. The Morgan fingerprint density at radius 3 is 3.10 bits per heavy atom. The molecule has 0 aromatic carbocycles. The molecule has 108 valence electrons. The number of aromatic nitrogens is 4. The molecule has 0 bridgehead atoms. The van der Waals surface area contributed by atoms with E-state index >= 15 is 0 Å². The predicted octanol–water partition coefficient (Wildman–Crippen LogP) is 0.481. The highest BCUT2D eigenvalue weighted by molar-refractivity contribution is 5.69. The first-order valence-electron chi connectivity index (χ1n) is 6.46. The molecule has 8 nitrogen and oxygen atoms in total. The lowest BCUT2D eigenvalue weighted by atomic mass is 10.3. The van der Waals surface area contributed by atoms with Crippen molar-refractivity contribution in [2.24, 2.45) is 0 Å². The summed E-state index contributed by atoms with van der Waals surface area (Å²) in [6.07, 6.45) is 1.02. The summed E-state index contributed by atoms with van der Waals surface area (Å²) in [5.74, 6) is 0.972. The molecule has 2 N–H and O–H groups in total. The van der Waals surface area contributed by atoms with Crippen molar-refractivity contribution in [2.75, 3.05) is 18.5 Å². The van der Waals surface area contributed by atoms with Crippen molar-refractivity contribution in [2.45, 2.75) is 26.7 Å². The molecule has 0 saturated carbocycles. The number of nitrogens with zero attached hydrogens (tertiary/aromatic N) is 3. The minimum atomic E-state index is -0.307. The average molecular weight is 279 g/mol. The number of rotatable bonds is 6. The lowest BCUT2D eigenvalue weighted by molar-refractivity contribution is -0.143. The van der Waals surface area contributed by atoms with Crippen LogP contribution < -0.4 is 11.0 Å². The first kappa shape index (κ1) is 14.0. The van der Waals surface area contributed by atoms with Gasteiger partial charge in [0.15, 0.2) is 5.65 Å². The van der Waals surface area contributed by atoms with Crippen LogP contribution in [0.15, 0.2) is 10.9 Å². The molecule has 0 amide bonds. The number of H-pyrrole nitrogens is 1. The topological polar surface area (TPSA) is 101 Å². The Kier molecular flexibility index (Phi) is 4.34. The zero-order valence-corrected chi connectivity index (χ0v) is 11.5. The summed E-state index contributed by atoms with van der Waals surface area (Å²) in [7, 11) is 0. The maximum absolute atomic E-state index is 11.4. The maximum atomic E-state index is 11.4. The standard InChI is InChI=1S/C12H17N5O3/c1-3-20-11(18)5-4-6-13-9-7-10-15-16-12(19)17(10)8(2)14-9/h7,13H,3-6H2,1-2H3,(H,16,19). The lowest BCUT2D eigenvalue weighted by Gasteiger charge is -2.07. The van der Waals surface area contributed by atoms with Gasteiger partial charge in [-0.05, 0) is 20.3 Å². The Balaban J connectivity index is 1.94. The molecule has 0 radical (unpaired) electrons. The Morgan fingerprint density at radius 2 is 2.35 bits per heavy atom.